The molecular weight excluding hydrogens is 466 g/mol. The predicted octanol–water partition coefficient (Wildman–Crippen LogP) is 4.97. The van der Waals surface area contributed by atoms with Gasteiger partial charge in [0.25, 0.3) is 5.69 Å². The van der Waals surface area contributed by atoms with Crippen molar-refractivity contribution in [2.75, 3.05) is 34.5 Å². The van der Waals surface area contributed by atoms with Crippen molar-refractivity contribution in [3.05, 3.63) is 81.4 Å². The Labute approximate surface area is 207 Å². The third-order valence-electron chi connectivity index (χ3n) is 7.03. The maximum Gasteiger partial charge on any atom is 0.292 e. The Hall–Kier alpha value is -3.85. The summed E-state index contributed by atoms with van der Waals surface area (Å²) >= 11 is 6.17. The summed E-state index contributed by atoms with van der Waals surface area (Å²) in [6.45, 7) is 3.01. The fourth-order valence-corrected chi connectivity index (χ4v) is 5.51. The molecule has 2 aliphatic heterocycles. The molecule has 2 aliphatic rings. The van der Waals surface area contributed by atoms with E-state index >= 15 is 0 Å². The Morgan fingerprint density at radius 2 is 1.80 bits per heavy atom. The zero-order valence-electron chi connectivity index (χ0n) is 19.0. The van der Waals surface area contributed by atoms with Crippen LogP contribution in [0.3, 0.4) is 0 Å². The maximum atomic E-state index is 11.5. The van der Waals surface area contributed by atoms with Gasteiger partial charge in [0.15, 0.2) is 0 Å². The van der Waals surface area contributed by atoms with Gasteiger partial charge in [0.1, 0.15) is 16.7 Å². The van der Waals surface area contributed by atoms with Gasteiger partial charge in [-0.15, -0.1) is 0 Å². The second kappa shape index (κ2) is 8.74. The molecule has 0 atom stereocenters. The molecule has 10 heteroatoms. The number of nitro groups is 1. The van der Waals surface area contributed by atoms with E-state index in [-0.39, 0.29) is 10.6 Å². The van der Waals surface area contributed by atoms with Gasteiger partial charge >= 0.3 is 0 Å². The normalized spacial score (nSPS) is 16.2. The van der Waals surface area contributed by atoms with Crippen molar-refractivity contribution in [3.8, 4) is 0 Å². The van der Waals surface area contributed by atoms with E-state index in [0.717, 1.165) is 55.7 Å². The van der Waals surface area contributed by atoms with Crippen LogP contribution in [-0.4, -0.2) is 46.1 Å². The summed E-state index contributed by atoms with van der Waals surface area (Å²) in [7, 11) is 0. The summed E-state index contributed by atoms with van der Waals surface area (Å²) in [5.41, 5.74) is 6.05. The number of anilines is 3. The number of rotatable bonds is 5. The summed E-state index contributed by atoms with van der Waals surface area (Å²) in [6.07, 6.45) is 1.81. The van der Waals surface area contributed by atoms with Crippen molar-refractivity contribution >= 4 is 45.4 Å². The first-order valence-electron chi connectivity index (χ1n) is 11.7. The highest BCUT2D eigenvalue weighted by Crippen LogP contribution is 2.41. The molecule has 0 aliphatic carbocycles. The number of hydrogen-bond acceptors (Lipinski definition) is 7. The predicted molar refractivity (Wildman–Crippen MR) is 137 cm³/mol. The Morgan fingerprint density at radius 1 is 1.00 bits per heavy atom. The van der Waals surface area contributed by atoms with Crippen LogP contribution < -0.4 is 14.7 Å². The third kappa shape index (κ3) is 3.91. The number of hydrogen-bond donors (Lipinski definition) is 1. The van der Waals surface area contributed by atoms with E-state index < -0.39 is 0 Å². The van der Waals surface area contributed by atoms with Gasteiger partial charge in [-0.1, -0.05) is 35.9 Å². The average Bonchev–Trinajstić information content (AvgIpc) is 3.50. The van der Waals surface area contributed by atoms with Crippen LogP contribution in [0, 0.1) is 10.1 Å². The van der Waals surface area contributed by atoms with E-state index in [0.29, 0.717) is 16.8 Å². The van der Waals surface area contributed by atoms with Crippen LogP contribution in [-0.2, 0) is 6.54 Å². The van der Waals surface area contributed by atoms with E-state index in [1.807, 2.05) is 12.1 Å². The van der Waals surface area contributed by atoms with E-state index in [1.165, 1.54) is 17.4 Å². The molecule has 1 saturated heterocycles. The first-order chi connectivity index (χ1) is 17.1. The maximum absolute atomic E-state index is 11.5. The van der Waals surface area contributed by atoms with Crippen LogP contribution in [0.15, 0.2) is 60.7 Å². The van der Waals surface area contributed by atoms with Crippen LogP contribution in [0.4, 0.5) is 22.7 Å². The smallest absolute Gasteiger partial charge is 0.292 e. The van der Waals surface area contributed by atoms with Crippen LogP contribution >= 0.6 is 11.6 Å². The lowest BCUT2D eigenvalue weighted by molar-refractivity contribution is -0.384. The first-order valence-corrected chi connectivity index (χ1v) is 12.0. The summed E-state index contributed by atoms with van der Waals surface area (Å²) in [4.78, 5) is 18.2. The number of piperidine rings is 1. The monoisotopic (exact) mass is 489 g/mol. The summed E-state index contributed by atoms with van der Waals surface area (Å²) in [5, 5.41) is 23.4. The highest BCUT2D eigenvalue weighted by atomic mass is 35.5. The minimum absolute atomic E-state index is 0.104. The second-order valence-corrected chi connectivity index (χ2v) is 9.45. The molecule has 6 rings (SSSR count). The van der Waals surface area contributed by atoms with Crippen LogP contribution in [0.5, 0.6) is 0 Å². The molecule has 0 bridgehead atoms. The lowest BCUT2D eigenvalue weighted by atomic mass is 10.0. The molecule has 1 N–H and O–H groups in total. The van der Waals surface area contributed by atoms with Crippen LogP contribution in [0.2, 0.25) is 5.02 Å². The Kier molecular flexibility index (Phi) is 5.41. The molecule has 9 nitrogen and oxygen atoms in total. The third-order valence-corrected chi connectivity index (χ3v) is 7.26. The molecule has 1 aromatic heterocycles. The van der Waals surface area contributed by atoms with Crippen molar-refractivity contribution < 1.29 is 4.92 Å². The molecule has 0 radical (unpaired) electrons. The van der Waals surface area contributed by atoms with Crippen molar-refractivity contribution in [2.24, 2.45) is 0 Å². The molecular formula is C25H24ClN7O2. The lowest BCUT2D eigenvalue weighted by Gasteiger charge is -2.38. The van der Waals surface area contributed by atoms with Crippen molar-refractivity contribution in [1.29, 1.82) is 0 Å². The molecule has 35 heavy (non-hydrogen) atoms. The number of aromatic amines is 1. The zero-order valence-corrected chi connectivity index (χ0v) is 19.7. The molecule has 0 unspecified atom stereocenters. The lowest BCUT2D eigenvalue weighted by Crippen LogP contribution is -2.46. The minimum Gasteiger partial charge on any atom is -0.366 e. The van der Waals surface area contributed by atoms with E-state index in [1.54, 1.807) is 12.1 Å². The number of H-pyrrole nitrogens is 1. The Balaban J connectivity index is 1.21. The molecule has 0 saturated carbocycles. The van der Waals surface area contributed by atoms with Crippen molar-refractivity contribution in [1.82, 2.24) is 15.4 Å². The van der Waals surface area contributed by atoms with E-state index in [2.05, 4.69) is 60.4 Å². The van der Waals surface area contributed by atoms with E-state index in [4.69, 9.17) is 11.6 Å². The fraction of sp³-hybridized carbons (Fsp3) is 0.280. The highest BCUT2D eigenvalue weighted by molar-refractivity contribution is 6.31. The number of aromatic nitrogens is 3. The van der Waals surface area contributed by atoms with Crippen molar-refractivity contribution in [3.63, 3.8) is 0 Å². The molecule has 3 aromatic carbocycles. The fourth-order valence-electron chi connectivity index (χ4n) is 5.34. The van der Waals surface area contributed by atoms with Gasteiger partial charge < -0.3 is 14.7 Å². The summed E-state index contributed by atoms with van der Waals surface area (Å²) in [6, 6.07) is 19.7. The number of benzene rings is 3. The molecule has 4 aromatic rings. The van der Waals surface area contributed by atoms with Crippen LogP contribution in [0.1, 0.15) is 18.4 Å². The minimum atomic E-state index is -0.332. The van der Waals surface area contributed by atoms with Crippen molar-refractivity contribution in [2.45, 2.75) is 25.4 Å². The molecule has 1 fully saturated rings. The Morgan fingerprint density at radius 3 is 2.60 bits per heavy atom. The SMILES string of the molecule is O=[N+]([O-])c1ccc(Cl)cc1N1CCC(N2CN(Cc3cccc4n[nH]nc34)c3ccccc32)CC1. The largest absolute Gasteiger partial charge is 0.366 e. The van der Waals surface area contributed by atoms with Gasteiger partial charge in [0, 0.05) is 42.3 Å². The molecule has 3 heterocycles. The Bertz CT molecular complexity index is 1400. The molecule has 0 amide bonds. The van der Waals surface area contributed by atoms with Crippen LogP contribution in [0.25, 0.3) is 11.0 Å². The van der Waals surface area contributed by atoms with E-state index in [9.17, 15) is 10.1 Å². The van der Waals surface area contributed by atoms with Gasteiger partial charge in [0.05, 0.1) is 23.0 Å². The van der Waals surface area contributed by atoms with Gasteiger partial charge in [-0.05, 0) is 43.2 Å². The summed E-state index contributed by atoms with van der Waals surface area (Å²) < 4.78 is 0. The number of halogens is 1. The van der Waals surface area contributed by atoms with Gasteiger partial charge in [-0.3, -0.25) is 10.1 Å². The topological polar surface area (TPSA) is 94.4 Å². The first kappa shape index (κ1) is 21.7. The highest BCUT2D eigenvalue weighted by Gasteiger charge is 2.34. The zero-order chi connectivity index (χ0) is 23.9. The number of nitro benzene ring substituents is 1. The number of para-hydroxylation sites is 3. The quantitative estimate of drug-likeness (QED) is 0.312. The number of fused-ring (bicyclic) bond motifs is 2. The number of nitrogens with one attached hydrogen (secondary N) is 1. The van der Waals surface area contributed by atoms with Gasteiger partial charge in [-0.2, -0.15) is 15.4 Å². The standard InChI is InChI=1S/C25H24ClN7O2/c26-18-8-9-23(33(34)35)24(14-18)30-12-10-19(11-13-30)32-16-31(21-6-1-2-7-22(21)32)15-17-4-3-5-20-25(17)28-29-27-20/h1-9,14,19H,10-13,15-16H2,(H,27,28,29). The average molecular weight is 490 g/mol. The second-order valence-electron chi connectivity index (χ2n) is 9.01. The summed E-state index contributed by atoms with van der Waals surface area (Å²) in [5.74, 6) is 0. The molecule has 178 valence electrons. The number of nitrogens with zero attached hydrogens (tertiary/aromatic N) is 6. The molecule has 0 spiro atoms. The van der Waals surface area contributed by atoms with Gasteiger partial charge in [-0.25, -0.2) is 0 Å². The van der Waals surface area contributed by atoms with Gasteiger partial charge in [0.2, 0.25) is 0 Å².